The number of piperazine rings is 1. The smallest absolute Gasteiger partial charge is 0.251 e. The summed E-state index contributed by atoms with van der Waals surface area (Å²) < 4.78 is 5.47. The van der Waals surface area contributed by atoms with E-state index in [0.29, 0.717) is 6.54 Å². The Balaban J connectivity index is 1.37. The molecule has 0 aromatic heterocycles. The number of carbonyl (C=O) groups is 1. The van der Waals surface area contributed by atoms with Crippen LogP contribution in [0.1, 0.15) is 22.3 Å². The first-order chi connectivity index (χ1) is 13.2. The Morgan fingerprint density at radius 3 is 2.44 bits per heavy atom. The molecule has 0 unspecified atom stereocenters. The lowest BCUT2D eigenvalue weighted by Gasteiger charge is -2.36. The first kappa shape index (κ1) is 19.2. The van der Waals surface area contributed by atoms with Crippen molar-refractivity contribution in [3.8, 4) is 5.75 Å². The summed E-state index contributed by atoms with van der Waals surface area (Å²) in [6.45, 7) is 7.79. The molecule has 144 valence electrons. The van der Waals surface area contributed by atoms with Gasteiger partial charge in [-0.05, 0) is 44.2 Å². The Labute approximate surface area is 161 Å². The Morgan fingerprint density at radius 1 is 1.04 bits per heavy atom. The number of ether oxygens (including phenoxy) is 1. The number of hydrogen-bond donors (Lipinski definition) is 1. The van der Waals surface area contributed by atoms with E-state index in [1.54, 1.807) is 7.11 Å². The minimum atomic E-state index is 0.0102. The summed E-state index contributed by atoms with van der Waals surface area (Å²) in [5, 5.41) is 3.02. The molecule has 0 radical (unpaired) electrons. The van der Waals surface area contributed by atoms with Crippen LogP contribution in [0.15, 0.2) is 48.5 Å². The average molecular weight is 367 g/mol. The van der Waals surface area contributed by atoms with Crippen molar-refractivity contribution in [3.63, 3.8) is 0 Å². The second-order valence-electron chi connectivity index (χ2n) is 6.98. The number of rotatable bonds is 7. The van der Waals surface area contributed by atoms with Gasteiger partial charge in [0.25, 0.3) is 5.91 Å². The molecule has 1 aliphatic heterocycles. The van der Waals surface area contributed by atoms with Crippen molar-refractivity contribution < 1.29 is 9.53 Å². The maximum atomic E-state index is 12.1. The zero-order valence-electron chi connectivity index (χ0n) is 16.3. The van der Waals surface area contributed by atoms with Crippen LogP contribution in [0.3, 0.4) is 0 Å². The maximum absolute atomic E-state index is 12.1. The molecule has 0 atom stereocenters. The number of para-hydroxylation sites is 2. The normalized spacial score (nSPS) is 14.8. The summed E-state index contributed by atoms with van der Waals surface area (Å²) in [7, 11) is 1.72. The summed E-state index contributed by atoms with van der Waals surface area (Å²) in [5.74, 6) is 0.945. The summed E-state index contributed by atoms with van der Waals surface area (Å²) in [5.41, 5.74) is 3.06. The summed E-state index contributed by atoms with van der Waals surface area (Å²) in [6.07, 6.45) is 0.965. The number of methoxy groups -OCH3 is 1. The van der Waals surface area contributed by atoms with E-state index in [1.807, 2.05) is 43.3 Å². The Hall–Kier alpha value is -2.53. The van der Waals surface area contributed by atoms with Crippen molar-refractivity contribution in [3.05, 3.63) is 59.7 Å². The van der Waals surface area contributed by atoms with E-state index in [2.05, 4.69) is 27.2 Å². The van der Waals surface area contributed by atoms with Crippen molar-refractivity contribution in [2.45, 2.75) is 13.3 Å². The third-order valence-corrected chi connectivity index (χ3v) is 5.05. The van der Waals surface area contributed by atoms with E-state index in [1.165, 1.54) is 11.3 Å². The van der Waals surface area contributed by atoms with Gasteiger partial charge in [-0.3, -0.25) is 9.69 Å². The standard InChI is InChI=1S/C22H29N3O2/c1-18-8-10-19(11-9-18)22(26)23-12-5-13-24-14-16-25(17-15-24)20-6-3-4-7-21(20)27-2/h3-4,6-11H,5,12-17H2,1-2H3,(H,23,26). The van der Waals surface area contributed by atoms with Crippen molar-refractivity contribution in [1.82, 2.24) is 10.2 Å². The lowest BCUT2D eigenvalue weighted by molar-refractivity contribution is 0.0951. The molecule has 0 bridgehead atoms. The summed E-state index contributed by atoms with van der Waals surface area (Å²) >= 11 is 0. The molecule has 1 heterocycles. The van der Waals surface area contributed by atoms with Crippen LogP contribution in [0.25, 0.3) is 0 Å². The minimum Gasteiger partial charge on any atom is -0.495 e. The van der Waals surface area contributed by atoms with Gasteiger partial charge in [-0.25, -0.2) is 0 Å². The monoisotopic (exact) mass is 367 g/mol. The van der Waals surface area contributed by atoms with E-state index in [9.17, 15) is 4.79 Å². The first-order valence-corrected chi connectivity index (χ1v) is 9.62. The van der Waals surface area contributed by atoms with Gasteiger partial charge in [0.1, 0.15) is 5.75 Å². The number of nitrogens with zero attached hydrogens (tertiary/aromatic N) is 2. The molecule has 1 aliphatic rings. The molecular formula is C22H29N3O2. The van der Waals surface area contributed by atoms with Gasteiger partial charge in [-0.1, -0.05) is 29.8 Å². The van der Waals surface area contributed by atoms with Crippen LogP contribution in [0.5, 0.6) is 5.75 Å². The zero-order chi connectivity index (χ0) is 19.1. The van der Waals surface area contributed by atoms with Gasteiger partial charge < -0.3 is 15.0 Å². The number of anilines is 1. The van der Waals surface area contributed by atoms with E-state index in [-0.39, 0.29) is 5.91 Å². The highest BCUT2D eigenvalue weighted by Gasteiger charge is 2.19. The third-order valence-electron chi connectivity index (χ3n) is 5.05. The van der Waals surface area contributed by atoms with Crippen molar-refractivity contribution in [1.29, 1.82) is 0 Å². The Kier molecular flexibility index (Phi) is 6.71. The molecular weight excluding hydrogens is 338 g/mol. The highest BCUT2D eigenvalue weighted by molar-refractivity contribution is 5.94. The van der Waals surface area contributed by atoms with Crippen LogP contribution >= 0.6 is 0 Å². The molecule has 27 heavy (non-hydrogen) atoms. The fraction of sp³-hybridized carbons (Fsp3) is 0.409. The molecule has 3 rings (SSSR count). The van der Waals surface area contributed by atoms with Gasteiger partial charge in [0.2, 0.25) is 0 Å². The molecule has 5 heteroatoms. The predicted molar refractivity (Wildman–Crippen MR) is 110 cm³/mol. The number of nitrogens with one attached hydrogen (secondary N) is 1. The summed E-state index contributed by atoms with van der Waals surface area (Å²) in [6, 6.07) is 15.9. The first-order valence-electron chi connectivity index (χ1n) is 9.62. The van der Waals surface area contributed by atoms with Crippen molar-refractivity contribution in [2.24, 2.45) is 0 Å². The van der Waals surface area contributed by atoms with E-state index in [0.717, 1.165) is 50.5 Å². The SMILES string of the molecule is COc1ccccc1N1CCN(CCCNC(=O)c2ccc(C)cc2)CC1. The van der Waals surface area contributed by atoms with E-state index < -0.39 is 0 Å². The second-order valence-corrected chi connectivity index (χ2v) is 6.98. The topological polar surface area (TPSA) is 44.8 Å². The second kappa shape index (κ2) is 9.42. The van der Waals surface area contributed by atoms with Crippen molar-refractivity contribution >= 4 is 11.6 Å². The maximum Gasteiger partial charge on any atom is 0.251 e. The molecule has 0 saturated carbocycles. The Bertz CT molecular complexity index is 737. The van der Waals surface area contributed by atoms with E-state index >= 15 is 0 Å². The van der Waals surface area contributed by atoms with Crippen LogP contribution in [0.2, 0.25) is 0 Å². The molecule has 0 aliphatic carbocycles. The average Bonchev–Trinajstić information content (AvgIpc) is 2.72. The van der Waals surface area contributed by atoms with Gasteiger partial charge in [0.15, 0.2) is 0 Å². The highest BCUT2D eigenvalue weighted by Crippen LogP contribution is 2.28. The largest absolute Gasteiger partial charge is 0.495 e. The number of amides is 1. The van der Waals surface area contributed by atoms with Gasteiger partial charge in [-0.2, -0.15) is 0 Å². The number of carbonyl (C=O) groups excluding carboxylic acids is 1. The van der Waals surface area contributed by atoms with E-state index in [4.69, 9.17) is 4.74 Å². The van der Waals surface area contributed by atoms with Crippen LogP contribution in [0.4, 0.5) is 5.69 Å². The van der Waals surface area contributed by atoms with Crippen molar-refractivity contribution in [2.75, 3.05) is 51.3 Å². The van der Waals surface area contributed by atoms with Gasteiger partial charge in [0.05, 0.1) is 12.8 Å². The van der Waals surface area contributed by atoms with Crippen LogP contribution in [-0.4, -0.2) is 57.2 Å². The van der Waals surface area contributed by atoms with Crippen LogP contribution in [-0.2, 0) is 0 Å². The van der Waals surface area contributed by atoms with Gasteiger partial charge in [0, 0.05) is 38.3 Å². The lowest BCUT2D eigenvalue weighted by atomic mass is 10.1. The third kappa shape index (κ3) is 5.23. The Morgan fingerprint density at radius 2 is 1.74 bits per heavy atom. The highest BCUT2D eigenvalue weighted by atomic mass is 16.5. The van der Waals surface area contributed by atoms with Gasteiger partial charge >= 0.3 is 0 Å². The predicted octanol–water partition coefficient (Wildman–Crippen LogP) is 2.95. The molecule has 5 nitrogen and oxygen atoms in total. The molecule has 1 fully saturated rings. The molecule has 1 amide bonds. The molecule has 1 saturated heterocycles. The van der Waals surface area contributed by atoms with Crippen LogP contribution < -0.4 is 15.0 Å². The van der Waals surface area contributed by atoms with Crippen LogP contribution in [0, 0.1) is 6.92 Å². The molecule has 0 spiro atoms. The minimum absolute atomic E-state index is 0.0102. The fourth-order valence-corrected chi connectivity index (χ4v) is 3.41. The number of aryl methyl sites for hydroxylation is 1. The number of hydrogen-bond acceptors (Lipinski definition) is 4. The molecule has 2 aromatic carbocycles. The summed E-state index contributed by atoms with van der Waals surface area (Å²) in [4.78, 5) is 17.0. The fourth-order valence-electron chi connectivity index (χ4n) is 3.41. The quantitative estimate of drug-likeness (QED) is 0.765. The molecule has 1 N–H and O–H groups in total. The lowest BCUT2D eigenvalue weighted by Crippen LogP contribution is -2.47. The number of benzene rings is 2. The van der Waals surface area contributed by atoms with Gasteiger partial charge in [-0.15, -0.1) is 0 Å². The zero-order valence-corrected chi connectivity index (χ0v) is 16.3. The molecule has 2 aromatic rings.